The van der Waals surface area contributed by atoms with Gasteiger partial charge in [0.15, 0.2) is 0 Å². The Labute approximate surface area is 124 Å². The van der Waals surface area contributed by atoms with Gasteiger partial charge in [-0.2, -0.15) is 0 Å². The van der Waals surface area contributed by atoms with Gasteiger partial charge in [-0.05, 0) is 25.5 Å². The predicted molar refractivity (Wildman–Crippen MR) is 80.1 cm³/mol. The van der Waals surface area contributed by atoms with Crippen molar-refractivity contribution in [2.75, 3.05) is 26.2 Å². The molecule has 1 N–H and O–H groups in total. The van der Waals surface area contributed by atoms with E-state index in [1.165, 1.54) is 0 Å². The minimum atomic E-state index is -0.752. The fourth-order valence-corrected chi connectivity index (χ4v) is 2.97. The molecule has 0 unspecified atom stereocenters. The van der Waals surface area contributed by atoms with Gasteiger partial charge >= 0.3 is 5.97 Å². The Hall–Kier alpha value is -1.10. The molecular weight excluding hydrogens is 276 g/mol. The van der Waals surface area contributed by atoms with Crippen LogP contribution in [-0.4, -0.2) is 53.1 Å². The van der Waals surface area contributed by atoms with Crippen LogP contribution in [0.2, 0.25) is 5.02 Å². The molecule has 0 amide bonds. The van der Waals surface area contributed by atoms with E-state index in [0.29, 0.717) is 0 Å². The fraction of sp³-hybridized carbons (Fsp3) is 0.533. The number of hydrogen-bond donors (Lipinski definition) is 1. The third-order valence-electron chi connectivity index (χ3n) is 4.16. The normalized spacial score (nSPS) is 20.6. The predicted octanol–water partition coefficient (Wildman–Crippen LogP) is 2.49. The van der Waals surface area contributed by atoms with E-state index in [4.69, 9.17) is 16.7 Å². The van der Waals surface area contributed by atoms with Gasteiger partial charge in [-0.1, -0.05) is 29.8 Å². The van der Waals surface area contributed by atoms with E-state index in [-0.39, 0.29) is 6.04 Å². The first-order valence-corrected chi connectivity index (χ1v) is 7.34. The molecule has 0 aliphatic carbocycles. The summed E-state index contributed by atoms with van der Waals surface area (Å²) in [5.41, 5.74) is 1.13. The van der Waals surface area contributed by atoms with Gasteiger partial charge in [-0.3, -0.25) is 14.6 Å². The number of benzene rings is 1. The molecule has 1 aromatic carbocycles. The molecule has 1 heterocycles. The van der Waals surface area contributed by atoms with Crippen LogP contribution in [0.4, 0.5) is 0 Å². The van der Waals surface area contributed by atoms with E-state index in [9.17, 15) is 4.79 Å². The van der Waals surface area contributed by atoms with Gasteiger partial charge in [0.05, 0.1) is 0 Å². The molecule has 1 aliphatic heterocycles. The molecule has 0 bridgehead atoms. The van der Waals surface area contributed by atoms with Crippen LogP contribution < -0.4 is 0 Å². The van der Waals surface area contributed by atoms with Crippen molar-refractivity contribution in [3.05, 3.63) is 34.9 Å². The summed E-state index contributed by atoms with van der Waals surface area (Å²) in [4.78, 5) is 15.4. The molecule has 1 aromatic rings. The SMILES string of the molecule is C[C@@H](C(=O)O)N1CCN([C@@H](C)c2ccccc2Cl)CC1. The number of carboxylic acid groups (broad SMARTS) is 1. The van der Waals surface area contributed by atoms with Crippen molar-refractivity contribution in [1.82, 2.24) is 9.80 Å². The minimum Gasteiger partial charge on any atom is -0.480 e. The molecule has 0 radical (unpaired) electrons. The topological polar surface area (TPSA) is 43.8 Å². The number of aliphatic carboxylic acids is 1. The maximum atomic E-state index is 11.0. The third kappa shape index (κ3) is 3.32. The molecule has 0 spiro atoms. The summed E-state index contributed by atoms with van der Waals surface area (Å²) < 4.78 is 0. The number of piperazine rings is 1. The lowest BCUT2D eigenvalue weighted by Gasteiger charge is -2.39. The average molecular weight is 297 g/mol. The van der Waals surface area contributed by atoms with Crippen LogP contribution in [0, 0.1) is 0 Å². The van der Waals surface area contributed by atoms with Crippen molar-refractivity contribution in [2.24, 2.45) is 0 Å². The Bertz CT molecular complexity index is 473. The second kappa shape index (κ2) is 6.57. The molecule has 2 rings (SSSR count). The average Bonchev–Trinajstić information content (AvgIpc) is 2.46. The van der Waals surface area contributed by atoms with Gasteiger partial charge in [0.1, 0.15) is 6.04 Å². The summed E-state index contributed by atoms with van der Waals surface area (Å²) >= 11 is 6.24. The highest BCUT2D eigenvalue weighted by atomic mass is 35.5. The summed E-state index contributed by atoms with van der Waals surface area (Å²) in [5.74, 6) is -0.752. The van der Waals surface area contributed by atoms with Crippen molar-refractivity contribution < 1.29 is 9.90 Å². The number of nitrogens with zero attached hydrogens (tertiary/aromatic N) is 2. The minimum absolute atomic E-state index is 0.256. The highest BCUT2D eigenvalue weighted by Crippen LogP contribution is 2.27. The zero-order valence-corrected chi connectivity index (χ0v) is 12.7. The zero-order valence-electron chi connectivity index (χ0n) is 11.9. The Balaban J connectivity index is 1.97. The van der Waals surface area contributed by atoms with Crippen molar-refractivity contribution in [3.8, 4) is 0 Å². The quantitative estimate of drug-likeness (QED) is 0.927. The molecule has 5 heteroatoms. The van der Waals surface area contributed by atoms with Crippen LogP contribution in [0.1, 0.15) is 25.5 Å². The lowest BCUT2D eigenvalue weighted by Crippen LogP contribution is -2.52. The van der Waals surface area contributed by atoms with Gasteiger partial charge in [-0.15, -0.1) is 0 Å². The summed E-state index contributed by atoms with van der Waals surface area (Å²) in [7, 11) is 0. The maximum Gasteiger partial charge on any atom is 0.320 e. The molecule has 1 fully saturated rings. The Morgan fingerprint density at radius 1 is 1.15 bits per heavy atom. The summed E-state index contributed by atoms with van der Waals surface area (Å²) in [6.07, 6.45) is 0. The zero-order chi connectivity index (χ0) is 14.7. The van der Waals surface area contributed by atoms with Gasteiger partial charge in [0.2, 0.25) is 0 Å². The number of halogens is 1. The van der Waals surface area contributed by atoms with E-state index >= 15 is 0 Å². The first kappa shape index (κ1) is 15.3. The molecule has 0 saturated carbocycles. The summed E-state index contributed by atoms with van der Waals surface area (Å²) in [6.45, 7) is 7.19. The van der Waals surface area contributed by atoms with Crippen LogP contribution >= 0.6 is 11.6 Å². The Morgan fingerprint density at radius 3 is 2.25 bits per heavy atom. The fourth-order valence-electron chi connectivity index (χ4n) is 2.68. The lowest BCUT2D eigenvalue weighted by atomic mass is 10.1. The highest BCUT2D eigenvalue weighted by molar-refractivity contribution is 6.31. The second-order valence-electron chi connectivity index (χ2n) is 5.28. The monoisotopic (exact) mass is 296 g/mol. The van der Waals surface area contributed by atoms with Gasteiger partial charge in [0.25, 0.3) is 0 Å². The summed E-state index contributed by atoms with van der Waals surface area (Å²) in [6, 6.07) is 7.75. The van der Waals surface area contributed by atoms with Crippen molar-refractivity contribution in [1.29, 1.82) is 0 Å². The van der Waals surface area contributed by atoms with Crippen molar-refractivity contribution in [3.63, 3.8) is 0 Å². The molecule has 1 aliphatic rings. The van der Waals surface area contributed by atoms with Crippen LogP contribution in [0.3, 0.4) is 0 Å². The van der Waals surface area contributed by atoms with E-state index in [2.05, 4.69) is 17.9 Å². The van der Waals surface area contributed by atoms with E-state index in [1.54, 1.807) is 6.92 Å². The van der Waals surface area contributed by atoms with Crippen LogP contribution in [0.15, 0.2) is 24.3 Å². The standard InChI is InChI=1S/C15H21ClN2O2/c1-11(13-5-3-4-6-14(13)16)17-7-9-18(10-8-17)12(2)15(19)20/h3-6,11-12H,7-10H2,1-2H3,(H,19,20)/t11-,12-/m0/s1. The van der Waals surface area contributed by atoms with E-state index in [0.717, 1.165) is 36.8 Å². The van der Waals surface area contributed by atoms with Crippen molar-refractivity contribution >= 4 is 17.6 Å². The first-order chi connectivity index (χ1) is 9.50. The van der Waals surface area contributed by atoms with Crippen LogP contribution in [0.5, 0.6) is 0 Å². The molecule has 4 nitrogen and oxygen atoms in total. The van der Waals surface area contributed by atoms with E-state index in [1.807, 2.05) is 23.1 Å². The highest BCUT2D eigenvalue weighted by Gasteiger charge is 2.27. The van der Waals surface area contributed by atoms with Gasteiger partial charge < -0.3 is 5.11 Å². The van der Waals surface area contributed by atoms with Gasteiger partial charge in [0, 0.05) is 37.2 Å². The Morgan fingerprint density at radius 2 is 1.70 bits per heavy atom. The van der Waals surface area contributed by atoms with E-state index < -0.39 is 12.0 Å². The molecule has 0 aromatic heterocycles. The van der Waals surface area contributed by atoms with Gasteiger partial charge in [-0.25, -0.2) is 0 Å². The number of carboxylic acids is 1. The lowest BCUT2D eigenvalue weighted by molar-refractivity contribution is -0.143. The Kier molecular flexibility index (Phi) is 5.02. The van der Waals surface area contributed by atoms with Crippen LogP contribution in [0.25, 0.3) is 0 Å². The van der Waals surface area contributed by atoms with Crippen LogP contribution in [-0.2, 0) is 4.79 Å². The smallest absolute Gasteiger partial charge is 0.320 e. The molecular formula is C15H21ClN2O2. The largest absolute Gasteiger partial charge is 0.480 e. The molecule has 20 heavy (non-hydrogen) atoms. The van der Waals surface area contributed by atoms with Crippen molar-refractivity contribution in [2.45, 2.75) is 25.9 Å². The first-order valence-electron chi connectivity index (χ1n) is 6.96. The number of carbonyl (C=O) groups is 1. The third-order valence-corrected chi connectivity index (χ3v) is 4.50. The maximum absolute atomic E-state index is 11.0. The number of rotatable bonds is 4. The number of hydrogen-bond acceptors (Lipinski definition) is 3. The second-order valence-corrected chi connectivity index (χ2v) is 5.69. The molecule has 2 atom stereocenters. The summed E-state index contributed by atoms with van der Waals surface area (Å²) in [5, 5.41) is 9.84. The molecule has 110 valence electrons. The molecule has 1 saturated heterocycles.